The van der Waals surface area contributed by atoms with E-state index in [9.17, 15) is 0 Å². The quantitative estimate of drug-likeness (QED) is 0.107. The molecule has 712 valence electrons. The summed E-state index contributed by atoms with van der Waals surface area (Å²) in [6, 6.07) is 82.7. The molecule has 12 aliphatic rings. The Morgan fingerprint density at radius 3 is 0.978 bits per heavy atom. The highest BCUT2D eigenvalue weighted by molar-refractivity contribution is 6.77. The van der Waals surface area contributed by atoms with Crippen molar-refractivity contribution < 1.29 is 0 Å². The molecule has 0 amide bonds. The number of benzene rings is 10. The van der Waals surface area contributed by atoms with E-state index in [2.05, 4.69) is 433 Å². The zero-order valence-corrected chi connectivity index (χ0v) is 91.1. The monoisotopic (exact) mass is 1850 g/mol. The third kappa shape index (κ3) is 16.2. The van der Waals surface area contributed by atoms with Crippen LogP contribution in [-0.2, 0) is 16.2 Å². The third-order valence-corrected chi connectivity index (χ3v) is 52.7. The topological polar surface area (TPSA) is 9.72 Å². The average molecular weight is 1850 g/mol. The van der Waals surface area contributed by atoms with Crippen LogP contribution in [0.1, 0.15) is 279 Å². The minimum atomic E-state index is -1.96. The number of allylic oxidation sites excluding steroid dienone is 12. The fourth-order valence-corrected chi connectivity index (χ4v) is 51.9. The van der Waals surface area contributed by atoms with Gasteiger partial charge in [0.1, 0.15) is 24.7 Å². The zero-order valence-electron chi connectivity index (χ0n) is 88.1. The minimum absolute atomic E-state index is 0.0142. The maximum atomic E-state index is 3.14. The van der Waals surface area contributed by atoms with Crippen LogP contribution in [0.15, 0.2) is 265 Å². The summed E-state index contributed by atoms with van der Waals surface area (Å²) in [7, 11) is -5.57. The molecule has 0 bridgehead atoms. The molecule has 6 heteroatoms. The van der Waals surface area contributed by atoms with E-state index < -0.39 is 24.7 Å². The molecule has 0 aliphatic heterocycles. The van der Waals surface area contributed by atoms with Crippen LogP contribution in [0.25, 0.3) is 82.4 Å². The number of rotatable bonds is 13. The summed E-state index contributed by atoms with van der Waals surface area (Å²) < 4.78 is 9.41. The van der Waals surface area contributed by atoms with Crippen LogP contribution < -0.4 is 0 Å². The van der Waals surface area contributed by atoms with Crippen LogP contribution in [-0.4, -0.2) is 73.1 Å². The maximum absolute atomic E-state index is 3.14. The molecule has 10 aromatic rings. The van der Waals surface area contributed by atoms with Crippen molar-refractivity contribution in [2.75, 3.05) is 0 Å². The highest BCUT2D eigenvalue weighted by atomic mass is 28.3. The van der Waals surface area contributed by atoms with Gasteiger partial charge in [0.25, 0.3) is 0 Å². The first kappa shape index (κ1) is 95.5. The molecule has 3 nitrogen and oxygen atoms in total. The molecule has 0 spiro atoms. The van der Waals surface area contributed by atoms with Crippen LogP contribution >= 0.6 is 0 Å². The van der Waals surface area contributed by atoms with Crippen molar-refractivity contribution in [2.24, 2.45) is 59.2 Å². The predicted molar refractivity (Wildman–Crippen MR) is 596 cm³/mol. The second-order valence-electron chi connectivity index (χ2n) is 51.5. The molecule has 6 fully saturated rings. The molecule has 22 rings (SSSR count). The number of hydrogen-bond acceptors (Lipinski definition) is 3. The van der Waals surface area contributed by atoms with Crippen molar-refractivity contribution in [3.8, 4) is 33.4 Å². The fraction of sp³-hybridized carbons (Fsp3) is 0.492. The van der Waals surface area contributed by atoms with Gasteiger partial charge in [-0.1, -0.05) is 397 Å². The van der Waals surface area contributed by atoms with Gasteiger partial charge in [0.05, 0.1) is 0 Å². The lowest BCUT2D eigenvalue weighted by Crippen LogP contribution is -2.65. The first-order chi connectivity index (χ1) is 64.6. The van der Waals surface area contributed by atoms with Gasteiger partial charge in [-0.2, -0.15) is 0 Å². The van der Waals surface area contributed by atoms with E-state index in [0.29, 0.717) is 58.8 Å². The summed E-state index contributed by atoms with van der Waals surface area (Å²) in [4.78, 5) is 0. The van der Waals surface area contributed by atoms with Gasteiger partial charge in [0.15, 0.2) is 0 Å². The Kier molecular flexibility index (Phi) is 25.0. The number of fused-ring (bicyclic) bond motifs is 15. The summed E-state index contributed by atoms with van der Waals surface area (Å²) in [6.45, 7) is 64.5. The lowest BCUT2D eigenvalue weighted by atomic mass is 9.73. The first-order valence-electron chi connectivity index (χ1n) is 54.3. The lowest BCUT2D eigenvalue weighted by molar-refractivity contribution is 0.138. The molecule has 0 saturated heterocycles. The maximum Gasteiger partial charge on any atom is 0.127 e. The molecule has 6 saturated carbocycles. The van der Waals surface area contributed by atoms with Gasteiger partial charge >= 0.3 is 0 Å². The van der Waals surface area contributed by atoms with E-state index in [1.807, 2.05) is 0 Å². The van der Waals surface area contributed by atoms with Gasteiger partial charge in [0, 0.05) is 51.0 Å². The smallest absolute Gasteiger partial charge is 0.127 e. The molecule has 14 atom stereocenters. The Hall–Kier alpha value is -8.05. The highest BCUT2D eigenvalue weighted by Gasteiger charge is 2.63. The van der Waals surface area contributed by atoms with Crippen LogP contribution in [0.3, 0.4) is 0 Å². The Bertz CT molecular complexity index is 6390. The molecule has 14 unspecified atom stereocenters. The average Bonchev–Trinajstić information content (AvgIpc) is 1.56. The van der Waals surface area contributed by atoms with Crippen LogP contribution in [0.4, 0.5) is 0 Å². The van der Waals surface area contributed by atoms with Crippen molar-refractivity contribution in [1.82, 2.24) is 13.7 Å². The van der Waals surface area contributed by atoms with Crippen LogP contribution in [0.5, 0.6) is 0 Å². The molecule has 0 radical (unpaired) electrons. The Balaban J connectivity index is 0.000000127. The van der Waals surface area contributed by atoms with E-state index >= 15 is 0 Å². The second kappa shape index (κ2) is 35.6. The van der Waals surface area contributed by atoms with E-state index in [4.69, 9.17) is 0 Å². The van der Waals surface area contributed by atoms with Gasteiger partial charge in [-0.15, -0.1) is 0 Å². The van der Waals surface area contributed by atoms with Crippen molar-refractivity contribution in [3.63, 3.8) is 0 Å². The van der Waals surface area contributed by atoms with Crippen molar-refractivity contribution in [3.05, 3.63) is 304 Å². The largest absolute Gasteiger partial charge is 0.316 e. The van der Waals surface area contributed by atoms with Gasteiger partial charge in [-0.25, -0.2) is 0 Å². The van der Waals surface area contributed by atoms with Gasteiger partial charge in [-0.05, 0) is 345 Å². The summed E-state index contributed by atoms with van der Waals surface area (Å²) in [5.74, 6) is 7.05. The van der Waals surface area contributed by atoms with E-state index in [-0.39, 0.29) is 32.9 Å². The SMILES string of the molecule is CC1C(C)C([Si](C)(C)N(C2CCCCC2)C(C)(C)C)C2C=C3C(=CC12)C(C)(C)c1cc(-c2cccc4ccccc24)ccc13.CC1C(c2ccccc2)C2C=C3C(=CC2C1[Si](C)(C)N(C1CCCCC1)C(C)(C)C)c1ccc(-c2cccc4ccccc24)cc1C3(C)C.CC1CC2C=C3C(=CC2C1[Si](C)(C)N(C1CCCCC1)C(C)(C)C)c1ccc(-c2cccc4ccccc24)cc1C3(C)C. The van der Waals surface area contributed by atoms with Gasteiger partial charge < -0.3 is 13.7 Å². The molecular weight excluding hydrogens is 1690 g/mol. The normalized spacial score (nSPS) is 27.4. The minimum Gasteiger partial charge on any atom is -0.316 e. The standard InChI is InChI=1S/C47H57NSi.C42H55NSi.C41H53NSi/c1-31-44(33-19-11-9-12-20-33)40-30-43-39(29-41(40)45(31)49(7,8)48(46(2,3)4)35-22-13-10-14-23-35)38-27-26-34(28-42(38)47(43,5)6)37-25-17-21-32-18-15-16-24-36(32)37;1-27-28(2)40(44(8,9)43(41(3,4)5)31-18-11-10-12-19-31)37-25-36-34-23-22-30(24-38(34)42(6,7)39(36)26-35(27)37)33-21-15-17-29-16-13-14-20-32(29)33;1-27-23-30-25-38-36(26-35(30)39(27)43(7,8)42(40(2,3)4)31-17-10-9-11-18-31)34-22-21-29(24-37(34)41(38,5)6)33-20-14-16-28-15-12-13-19-32(28)33/h9,11-12,15-21,24-31,35,40-41,44-45H,10,13-14,22-23H2,1-8H3;13-17,20-28,31,35,37,40H,10-12,18-19H2,1-9H3;12-16,19-22,24-27,30-31,35,39H,9-11,17-18,23H2,1-8H3. The van der Waals surface area contributed by atoms with Gasteiger partial charge in [0.2, 0.25) is 0 Å². The second-order valence-corrected chi connectivity index (χ2v) is 64.9. The summed E-state index contributed by atoms with van der Waals surface area (Å²) in [6.07, 6.45) is 39.2. The van der Waals surface area contributed by atoms with Crippen LogP contribution in [0.2, 0.25) is 55.9 Å². The predicted octanol–water partition coefficient (Wildman–Crippen LogP) is 35.8. The number of hydrogen-bond donors (Lipinski definition) is 0. The molecule has 0 heterocycles. The lowest BCUT2D eigenvalue weighted by Gasteiger charge is -2.56. The molecule has 0 aromatic heterocycles. The zero-order chi connectivity index (χ0) is 95.8. The molecular formula is C130H165N3Si3. The molecule has 136 heavy (non-hydrogen) atoms. The van der Waals surface area contributed by atoms with Crippen LogP contribution in [0, 0.1) is 59.2 Å². The molecule has 0 N–H and O–H groups in total. The molecule has 12 aliphatic carbocycles. The Labute approximate surface area is 825 Å². The summed E-state index contributed by atoms with van der Waals surface area (Å²) in [5, 5.41) is 7.96. The Morgan fingerprint density at radius 2 is 0.603 bits per heavy atom. The summed E-state index contributed by atoms with van der Waals surface area (Å²) in [5.41, 5.74) is 30.7. The van der Waals surface area contributed by atoms with Crippen molar-refractivity contribution >= 4 is 73.7 Å². The highest BCUT2D eigenvalue weighted by Crippen LogP contribution is 2.69. The number of nitrogens with zero attached hydrogens (tertiary/aromatic N) is 3. The van der Waals surface area contributed by atoms with E-state index in [1.54, 1.807) is 27.9 Å². The van der Waals surface area contributed by atoms with Crippen molar-refractivity contribution in [2.45, 2.75) is 347 Å². The molecule has 10 aromatic carbocycles. The Morgan fingerprint density at radius 1 is 0.287 bits per heavy atom. The fourth-order valence-electron chi connectivity index (χ4n) is 33.8. The summed E-state index contributed by atoms with van der Waals surface area (Å²) >= 11 is 0. The third-order valence-electron chi connectivity index (χ3n) is 38.2. The van der Waals surface area contributed by atoms with E-state index in [1.165, 1.54) is 213 Å². The van der Waals surface area contributed by atoms with E-state index in [0.717, 1.165) is 41.0 Å². The van der Waals surface area contributed by atoms with Gasteiger partial charge in [-0.3, -0.25) is 0 Å². The first-order valence-corrected chi connectivity index (χ1v) is 63.3. The van der Waals surface area contributed by atoms with Crippen molar-refractivity contribution in [1.29, 1.82) is 0 Å².